The van der Waals surface area contributed by atoms with Crippen molar-refractivity contribution in [2.45, 2.75) is 45.6 Å². The van der Waals surface area contributed by atoms with E-state index >= 15 is 0 Å². The highest BCUT2D eigenvalue weighted by molar-refractivity contribution is 5.78. The smallest absolute Gasteiger partial charge is 0.304 e. The van der Waals surface area contributed by atoms with Crippen LogP contribution < -0.4 is 5.32 Å². The first-order valence-corrected chi connectivity index (χ1v) is 6.52. The summed E-state index contributed by atoms with van der Waals surface area (Å²) in [5, 5.41) is 11.6. The number of carboxylic acids is 1. The molecule has 5 heteroatoms. The summed E-state index contributed by atoms with van der Waals surface area (Å²) >= 11 is 0. The number of carboxylic acid groups (broad SMARTS) is 1. The fourth-order valence-corrected chi connectivity index (χ4v) is 1.69. The van der Waals surface area contributed by atoms with E-state index in [1.54, 1.807) is 0 Å². The summed E-state index contributed by atoms with van der Waals surface area (Å²) in [5.74, 6) is -0.180. The van der Waals surface area contributed by atoms with E-state index in [-0.39, 0.29) is 24.4 Å². The molecule has 1 saturated carbocycles. The summed E-state index contributed by atoms with van der Waals surface area (Å²) in [5.41, 5.74) is -0.202. The van der Waals surface area contributed by atoms with Gasteiger partial charge in [-0.05, 0) is 39.5 Å². The Balaban J connectivity index is 2.38. The normalized spacial score (nSPS) is 15.8. The van der Waals surface area contributed by atoms with Crippen LogP contribution in [-0.4, -0.2) is 47.1 Å². The molecule has 0 aromatic rings. The minimum absolute atomic E-state index is 0.0118. The van der Waals surface area contributed by atoms with Gasteiger partial charge >= 0.3 is 5.97 Å². The van der Waals surface area contributed by atoms with Crippen molar-refractivity contribution in [1.82, 2.24) is 10.2 Å². The maximum absolute atomic E-state index is 11.8. The van der Waals surface area contributed by atoms with E-state index in [0.717, 1.165) is 6.54 Å². The fourth-order valence-electron chi connectivity index (χ4n) is 1.69. The number of rotatable bonds is 7. The predicted octanol–water partition coefficient (Wildman–Crippen LogP) is 1.09. The van der Waals surface area contributed by atoms with Crippen LogP contribution in [0.15, 0.2) is 0 Å². The summed E-state index contributed by atoms with van der Waals surface area (Å²) in [6.07, 6.45) is 2.48. The van der Waals surface area contributed by atoms with Gasteiger partial charge in [0.15, 0.2) is 0 Å². The number of nitrogens with zero attached hydrogens (tertiary/aromatic N) is 1. The summed E-state index contributed by atoms with van der Waals surface area (Å²) < 4.78 is 0. The number of aliphatic carboxylic acids is 1. The molecule has 0 radical (unpaired) electrons. The summed E-state index contributed by atoms with van der Waals surface area (Å²) in [6, 6.07) is 0. The number of carbonyl (C=O) groups is 2. The third kappa shape index (κ3) is 6.00. The first-order chi connectivity index (χ1) is 8.29. The molecule has 0 heterocycles. The third-order valence-corrected chi connectivity index (χ3v) is 3.16. The fraction of sp³-hybridized carbons (Fsp3) is 0.846. The Bertz CT molecular complexity index is 306. The molecule has 104 valence electrons. The Labute approximate surface area is 109 Å². The molecule has 5 nitrogen and oxygen atoms in total. The molecule has 1 amide bonds. The van der Waals surface area contributed by atoms with Crippen molar-refractivity contribution in [3.05, 3.63) is 0 Å². The Morgan fingerprint density at radius 2 is 1.94 bits per heavy atom. The van der Waals surface area contributed by atoms with E-state index in [4.69, 9.17) is 5.11 Å². The molecule has 18 heavy (non-hydrogen) atoms. The van der Waals surface area contributed by atoms with Crippen LogP contribution in [0, 0.1) is 5.92 Å². The Morgan fingerprint density at radius 3 is 2.39 bits per heavy atom. The lowest BCUT2D eigenvalue weighted by Crippen LogP contribution is -2.48. The highest BCUT2D eigenvalue weighted by atomic mass is 16.4. The van der Waals surface area contributed by atoms with Crippen molar-refractivity contribution in [3.8, 4) is 0 Å². The molecule has 1 rings (SSSR count). The van der Waals surface area contributed by atoms with Crippen LogP contribution in [0.3, 0.4) is 0 Å². The number of amides is 1. The molecular formula is C13H24N2O3. The largest absolute Gasteiger partial charge is 0.481 e. The van der Waals surface area contributed by atoms with Gasteiger partial charge in [0.25, 0.3) is 0 Å². The van der Waals surface area contributed by atoms with Gasteiger partial charge in [-0.15, -0.1) is 0 Å². The maximum Gasteiger partial charge on any atom is 0.304 e. The summed E-state index contributed by atoms with van der Waals surface area (Å²) in [7, 11) is 0. The number of nitrogens with one attached hydrogen (secondary N) is 1. The van der Waals surface area contributed by atoms with Crippen LogP contribution in [0.2, 0.25) is 0 Å². The van der Waals surface area contributed by atoms with Gasteiger partial charge < -0.3 is 10.4 Å². The molecule has 0 bridgehead atoms. The Hall–Kier alpha value is -1.10. The van der Waals surface area contributed by atoms with Crippen LogP contribution in [0.4, 0.5) is 0 Å². The van der Waals surface area contributed by atoms with Crippen molar-refractivity contribution < 1.29 is 14.7 Å². The topological polar surface area (TPSA) is 69.6 Å². The van der Waals surface area contributed by atoms with Crippen molar-refractivity contribution in [2.75, 3.05) is 19.6 Å². The van der Waals surface area contributed by atoms with Crippen LogP contribution in [-0.2, 0) is 9.59 Å². The highest BCUT2D eigenvalue weighted by Crippen LogP contribution is 2.27. The molecule has 0 unspecified atom stereocenters. The first kappa shape index (κ1) is 15.0. The minimum atomic E-state index is -0.831. The SMILES string of the molecule is CC(C)(C)N(CCC(=O)O)CC(=O)NCC1CC1. The van der Waals surface area contributed by atoms with Gasteiger partial charge in [0.2, 0.25) is 5.91 Å². The minimum Gasteiger partial charge on any atom is -0.481 e. The van der Waals surface area contributed by atoms with Crippen molar-refractivity contribution >= 4 is 11.9 Å². The molecule has 0 aliphatic heterocycles. The molecular weight excluding hydrogens is 232 g/mol. The van der Waals surface area contributed by atoms with E-state index in [1.165, 1.54) is 12.8 Å². The predicted molar refractivity (Wildman–Crippen MR) is 69.3 cm³/mol. The molecule has 1 aliphatic rings. The van der Waals surface area contributed by atoms with Crippen LogP contribution >= 0.6 is 0 Å². The molecule has 2 N–H and O–H groups in total. The Kier molecular flexibility index (Phi) is 5.14. The van der Waals surface area contributed by atoms with Gasteiger partial charge in [-0.1, -0.05) is 0 Å². The number of hydrogen-bond acceptors (Lipinski definition) is 3. The van der Waals surface area contributed by atoms with Crippen LogP contribution in [0.25, 0.3) is 0 Å². The standard InChI is InChI=1S/C13H24N2O3/c1-13(2,3)15(7-6-12(17)18)9-11(16)14-8-10-4-5-10/h10H,4-9H2,1-3H3,(H,14,16)(H,17,18). The third-order valence-electron chi connectivity index (χ3n) is 3.16. The van der Waals surface area contributed by atoms with Gasteiger partial charge in [0.1, 0.15) is 0 Å². The average Bonchev–Trinajstić information content (AvgIpc) is 3.02. The Morgan fingerprint density at radius 1 is 1.33 bits per heavy atom. The monoisotopic (exact) mass is 256 g/mol. The molecule has 0 atom stereocenters. The highest BCUT2D eigenvalue weighted by Gasteiger charge is 2.25. The zero-order chi connectivity index (χ0) is 13.8. The second kappa shape index (κ2) is 6.18. The van der Waals surface area contributed by atoms with E-state index in [9.17, 15) is 9.59 Å². The van der Waals surface area contributed by atoms with E-state index in [1.807, 2.05) is 25.7 Å². The zero-order valence-corrected chi connectivity index (χ0v) is 11.5. The van der Waals surface area contributed by atoms with Crippen LogP contribution in [0.1, 0.15) is 40.0 Å². The molecule has 1 fully saturated rings. The van der Waals surface area contributed by atoms with Gasteiger partial charge in [0, 0.05) is 18.6 Å². The quantitative estimate of drug-likeness (QED) is 0.715. The van der Waals surface area contributed by atoms with Gasteiger partial charge in [0.05, 0.1) is 13.0 Å². The molecule has 0 aromatic heterocycles. The summed E-state index contributed by atoms with van der Waals surface area (Å²) in [4.78, 5) is 24.3. The second-order valence-corrected chi connectivity index (χ2v) is 5.98. The van der Waals surface area contributed by atoms with Crippen molar-refractivity contribution in [1.29, 1.82) is 0 Å². The van der Waals surface area contributed by atoms with Gasteiger partial charge in [-0.25, -0.2) is 0 Å². The first-order valence-electron chi connectivity index (χ1n) is 6.52. The van der Waals surface area contributed by atoms with E-state index < -0.39 is 5.97 Å². The molecule has 1 aliphatic carbocycles. The average molecular weight is 256 g/mol. The second-order valence-electron chi connectivity index (χ2n) is 5.98. The van der Waals surface area contributed by atoms with Crippen molar-refractivity contribution in [2.24, 2.45) is 5.92 Å². The van der Waals surface area contributed by atoms with E-state index in [0.29, 0.717) is 12.5 Å². The lowest BCUT2D eigenvalue weighted by Gasteiger charge is -2.34. The molecule has 0 saturated heterocycles. The number of carbonyl (C=O) groups excluding carboxylic acids is 1. The zero-order valence-electron chi connectivity index (χ0n) is 11.5. The van der Waals surface area contributed by atoms with Gasteiger partial charge in [-0.3, -0.25) is 14.5 Å². The number of hydrogen-bond donors (Lipinski definition) is 2. The maximum atomic E-state index is 11.8. The summed E-state index contributed by atoms with van der Waals surface area (Å²) in [6.45, 7) is 7.39. The van der Waals surface area contributed by atoms with Crippen molar-refractivity contribution in [3.63, 3.8) is 0 Å². The lowest BCUT2D eigenvalue weighted by atomic mass is 10.1. The molecule has 0 spiro atoms. The van der Waals surface area contributed by atoms with E-state index in [2.05, 4.69) is 5.32 Å². The lowest BCUT2D eigenvalue weighted by molar-refractivity contribution is -0.138. The van der Waals surface area contributed by atoms with Gasteiger partial charge in [-0.2, -0.15) is 0 Å². The molecule has 0 aromatic carbocycles. The van der Waals surface area contributed by atoms with Crippen LogP contribution in [0.5, 0.6) is 0 Å².